The molecule has 0 aromatic rings. The van der Waals surface area contributed by atoms with E-state index in [2.05, 4.69) is 15.9 Å². The largest absolute Gasteiger partial charge is 0.391 e. The van der Waals surface area contributed by atoms with Gasteiger partial charge in [0.05, 0.1) is 6.10 Å². The summed E-state index contributed by atoms with van der Waals surface area (Å²) in [7, 11) is 0. The Balaban J connectivity index is 2.40. The quantitative estimate of drug-likeness (QED) is 0.743. The van der Waals surface area contributed by atoms with Crippen molar-refractivity contribution in [3.8, 4) is 0 Å². The van der Waals surface area contributed by atoms with Gasteiger partial charge in [-0.1, -0.05) is 22.9 Å². The number of likely N-dealkylation sites (tertiary alicyclic amines) is 1. The van der Waals surface area contributed by atoms with Crippen LogP contribution in [0, 0.1) is 5.92 Å². The molecule has 0 aromatic carbocycles. The van der Waals surface area contributed by atoms with Crippen molar-refractivity contribution in [3.05, 3.63) is 0 Å². The fourth-order valence-electron chi connectivity index (χ4n) is 1.51. The molecule has 13 heavy (non-hydrogen) atoms. The molecule has 1 N–H and O–H groups in total. The highest BCUT2D eigenvalue weighted by Crippen LogP contribution is 2.17. The maximum Gasteiger partial charge on any atom is 0.223 e. The van der Waals surface area contributed by atoms with Crippen LogP contribution in [0.25, 0.3) is 0 Å². The number of β-amino-alcohol motifs (C(OH)–C–C–N with tert-alkyl or cyclic N) is 1. The first-order valence-corrected chi connectivity index (χ1v) is 5.79. The summed E-state index contributed by atoms with van der Waals surface area (Å²) in [6.07, 6.45) is 1.10. The monoisotopic (exact) mass is 249 g/mol. The predicted octanol–water partition coefficient (Wildman–Crippen LogP) is 1.00. The average Bonchev–Trinajstić information content (AvgIpc) is 2.10. The number of hydrogen-bond donors (Lipinski definition) is 1. The van der Waals surface area contributed by atoms with Gasteiger partial charge in [0.1, 0.15) is 0 Å². The van der Waals surface area contributed by atoms with Gasteiger partial charge in [-0.2, -0.15) is 0 Å². The number of nitrogens with zero attached hydrogens (tertiary/aromatic N) is 1. The lowest BCUT2D eigenvalue weighted by atomic mass is 9.96. The molecule has 1 aliphatic rings. The zero-order valence-electron chi connectivity index (χ0n) is 7.87. The van der Waals surface area contributed by atoms with Crippen LogP contribution >= 0.6 is 15.9 Å². The number of amides is 1. The molecule has 2 atom stereocenters. The molecule has 1 saturated heterocycles. The fourth-order valence-corrected chi connectivity index (χ4v) is 1.85. The van der Waals surface area contributed by atoms with Crippen molar-refractivity contribution in [1.29, 1.82) is 0 Å². The number of rotatable bonds is 2. The van der Waals surface area contributed by atoms with Gasteiger partial charge in [-0.05, 0) is 12.3 Å². The van der Waals surface area contributed by atoms with Crippen LogP contribution in [0.4, 0.5) is 0 Å². The van der Waals surface area contributed by atoms with E-state index in [0.717, 1.165) is 13.0 Å². The highest BCUT2D eigenvalue weighted by Gasteiger charge is 2.26. The van der Waals surface area contributed by atoms with E-state index >= 15 is 0 Å². The van der Waals surface area contributed by atoms with Crippen LogP contribution < -0.4 is 0 Å². The maximum absolute atomic E-state index is 11.4. The fraction of sp³-hybridized carbons (Fsp3) is 0.889. The van der Waals surface area contributed by atoms with E-state index in [9.17, 15) is 9.90 Å². The SMILES string of the molecule is CC1CCN(C(=O)CCBr)CC1O. The number of aliphatic hydroxyl groups is 1. The summed E-state index contributed by atoms with van der Waals surface area (Å²) in [4.78, 5) is 13.2. The number of halogens is 1. The van der Waals surface area contributed by atoms with Crippen molar-refractivity contribution in [3.63, 3.8) is 0 Å². The van der Waals surface area contributed by atoms with Gasteiger partial charge in [0, 0.05) is 24.8 Å². The molecule has 2 unspecified atom stereocenters. The summed E-state index contributed by atoms with van der Waals surface area (Å²) in [6, 6.07) is 0. The van der Waals surface area contributed by atoms with Crippen molar-refractivity contribution in [2.75, 3.05) is 18.4 Å². The molecule has 1 heterocycles. The number of alkyl halides is 1. The molecule has 0 spiro atoms. The summed E-state index contributed by atoms with van der Waals surface area (Å²) in [6.45, 7) is 3.33. The van der Waals surface area contributed by atoms with Gasteiger partial charge in [-0.25, -0.2) is 0 Å². The number of carbonyl (C=O) groups excluding carboxylic acids is 1. The molecule has 3 nitrogen and oxygen atoms in total. The Kier molecular flexibility index (Phi) is 4.19. The molecule has 0 aromatic heterocycles. The van der Waals surface area contributed by atoms with Crippen LogP contribution in [-0.4, -0.2) is 40.4 Å². The van der Waals surface area contributed by atoms with Gasteiger partial charge in [0.2, 0.25) is 5.91 Å². The molecule has 1 aliphatic heterocycles. The van der Waals surface area contributed by atoms with Crippen LogP contribution in [0.5, 0.6) is 0 Å². The molecule has 0 bridgehead atoms. The zero-order valence-corrected chi connectivity index (χ0v) is 9.46. The van der Waals surface area contributed by atoms with Gasteiger partial charge < -0.3 is 10.0 Å². The lowest BCUT2D eigenvalue weighted by Crippen LogP contribution is -2.45. The lowest BCUT2D eigenvalue weighted by Gasteiger charge is -2.34. The minimum absolute atomic E-state index is 0.142. The molecule has 1 amide bonds. The first-order valence-electron chi connectivity index (χ1n) is 4.67. The van der Waals surface area contributed by atoms with Crippen molar-refractivity contribution >= 4 is 21.8 Å². The molecule has 1 fully saturated rings. The first-order chi connectivity index (χ1) is 6.15. The topological polar surface area (TPSA) is 40.5 Å². The number of carbonyl (C=O) groups is 1. The van der Waals surface area contributed by atoms with Gasteiger partial charge >= 0.3 is 0 Å². The van der Waals surface area contributed by atoms with E-state index < -0.39 is 0 Å². The summed E-state index contributed by atoms with van der Waals surface area (Å²) in [5.74, 6) is 0.468. The van der Waals surface area contributed by atoms with Crippen molar-refractivity contribution in [2.45, 2.75) is 25.9 Å². The predicted molar refractivity (Wildman–Crippen MR) is 54.8 cm³/mol. The van der Waals surface area contributed by atoms with Crippen LogP contribution in [0.3, 0.4) is 0 Å². The maximum atomic E-state index is 11.4. The van der Waals surface area contributed by atoms with Gasteiger partial charge in [-0.3, -0.25) is 4.79 Å². The molecule has 0 saturated carbocycles. The van der Waals surface area contributed by atoms with Crippen LogP contribution in [-0.2, 0) is 4.79 Å². The second kappa shape index (κ2) is 4.96. The smallest absolute Gasteiger partial charge is 0.223 e. The van der Waals surface area contributed by atoms with Gasteiger partial charge in [0.15, 0.2) is 0 Å². The van der Waals surface area contributed by atoms with E-state index in [1.54, 1.807) is 4.90 Å². The number of piperidine rings is 1. The van der Waals surface area contributed by atoms with E-state index in [4.69, 9.17) is 0 Å². The van der Waals surface area contributed by atoms with Crippen molar-refractivity contribution < 1.29 is 9.90 Å². The normalized spacial score (nSPS) is 29.0. The summed E-state index contributed by atoms with van der Waals surface area (Å²) < 4.78 is 0. The first kappa shape index (κ1) is 11.0. The van der Waals surface area contributed by atoms with Crippen molar-refractivity contribution in [1.82, 2.24) is 4.90 Å². The number of hydrogen-bond acceptors (Lipinski definition) is 2. The highest BCUT2D eigenvalue weighted by molar-refractivity contribution is 9.09. The van der Waals surface area contributed by atoms with Crippen molar-refractivity contribution in [2.24, 2.45) is 5.92 Å². The molecular weight excluding hydrogens is 234 g/mol. The standard InChI is InChI=1S/C9H16BrNO2/c1-7-3-5-11(6-8(7)12)9(13)2-4-10/h7-8,12H,2-6H2,1H3. The number of aliphatic hydroxyl groups excluding tert-OH is 1. The molecule has 1 rings (SSSR count). The molecule has 76 valence electrons. The molecule has 0 aliphatic carbocycles. The van der Waals surface area contributed by atoms with E-state index in [0.29, 0.717) is 24.2 Å². The molecular formula is C9H16BrNO2. The average molecular weight is 250 g/mol. The van der Waals surface area contributed by atoms with Gasteiger partial charge in [-0.15, -0.1) is 0 Å². The Labute approximate surface area is 87.2 Å². The third-order valence-electron chi connectivity index (χ3n) is 2.58. The second-order valence-electron chi connectivity index (χ2n) is 3.61. The minimum atomic E-state index is -0.340. The Bertz CT molecular complexity index is 186. The van der Waals surface area contributed by atoms with Crippen LogP contribution in [0.2, 0.25) is 0 Å². The van der Waals surface area contributed by atoms with E-state index in [1.165, 1.54) is 0 Å². The lowest BCUT2D eigenvalue weighted by molar-refractivity contribution is -0.134. The Morgan fingerprint density at radius 1 is 1.69 bits per heavy atom. The minimum Gasteiger partial charge on any atom is -0.391 e. The Morgan fingerprint density at radius 2 is 2.38 bits per heavy atom. The zero-order chi connectivity index (χ0) is 9.84. The summed E-state index contributed by atoms with van der Waals surface area (Å²) >= 11 is 3.23. The second-order valence-corrected chi connectivity index (χ2v) is 4.41. The van der Waals surface area contributed by atoms with Crippen LogP contribution in [0.15, 0.2) is 0 Å². The third kappa shape index (κ3) is 2.95. The molecule has 0 radical (unpaired) electrons. The summed E-state index contributed by atoms with van der Waals surface area (Å²) in [5.41, 5.74) is 0. The van der Waals surface area contributed by atoms with E-state index in [-0.39, 0.29) is 12.0 Å². The van der Waals surface area contributed by atoms with E-state index in [1.807, 2.05) is 6.92 Å². The van der Waals surface area contributed by atoms with Gasteiger partial charge in [0.25, 0.3) is 0 Å². The highest BCUT2D eigenvalue weighted by atomic mass is 79.9. The van der Waals surface area contributed by atoms with Crippen LogP contribution in [0.1, 0.15) is 19.8 Å². The Hall–Kier alpha value is -0.0900. The Morgan fingerprint density at radius 3 is 2.92 bits per heavy atom. The molecule has 4 heteroatoms. The third-order valence-corrected chi connectivity index (χ3v) is 2.98. The summed E-state index contributed by atoms with van der Waals surface area (Å²) in [5, 5.41) is 10.3.